The lowest BCUT2D eigenvalue weighted by molar-refractivity contribution is -0.291. The molecule has 6 heteroatoms. The Kier molecular flexibility index (Phi) is 7.09. The topological polar surface area (TPSA) is 96.2 Å². The molecule has 0 radical (unpaired) electrons. The Balaban J connectivity index is 1.58. The lowest BCUT2D eigenvalue weighted by Crippen LogP contribution is -2.56. The molecule has 1 aromatic carbocycles. The van der Waals surface area contributed by atoms with E-state index in [0.717, 1.165) is 25.7 Å². The highest BCUT2D eigenvalue weighted by Crippen LogP contribution is 2.62. The van der Waals surface area contributed by atoms with E-state index in [9.17, 15) is 20.1 Å². The van der Waals surface area contributed by atoms with Crippen molar-refractivity contribution in [1.29, 1.82) is 0 Å². The summed E-state index contributed by atoms with van der Waals surface area (Å²) >= 11 is 0. The standard InChI is InChI=1S/C31H40O6/c1-18(2)21-12-13-30(3)14-15-31(4)22(25(21)30)11-10-20(26(33)19-8-6-5-7-9-19)16-24(31)37-29-28(35)27(34)23(32)17-36-29/h5-11,18,23-24,27-29,32,34-35H,12-17H2,1-4H3/t23-,24+,27+,28-,29+,30-,31-/m1/s1. The van der Waals surface area contributed by atoms with Crippen molar-refractivity contribution in [3.63, 3.8) is 0 Å². The molecular formula is C31H40O6. The molecule has 1 saturated carbocycles. The summed E-state index contributed by atoms with van der Waals surface area (Å²) in [6, 6.07) is 9.27. The van der Waals surface area contributed by atoms with Gasteiger partial charge in [-0.25, -0.2) is 0 Å². The summed E-state index contributed by atoms with van der Waals surface area (Å²) < 4.78 is 12.2. The third kappa shape index (κ3) is 4.57. The lowest BCUT2D eigenvalue weighted by atomic mass is 9.57. The third-order valence-corrected chi connectivity index (χ3v) is 9.30. The normalized spacial score (nSPS) is 38.0. The number of ether oxygens (including phenoxy) is 2. The Morgan fingerprint density at radius 2 is 1.76 bits per heavy atom. The van der Waals surface area contributed by atoms with Crippen LogP contribution in [0.1, 0.15) is 70.2 Å². The molecule has 7 atom stereocenters. The maximum Gasteiger partial charge on any atom is 0.189 e. The summed E-state index contributed by atoms with van der Waals surface area (Å²) in [5.41, 5.74) is 5.07. The fourth-order valence-corrected chi connectivity index (χ4v) is 6.82. The van der Waals surface area contributed by atoms with Gasteiger partial charge in [-0.3, -0.25) is 4.79 Å². The number of benzene rings is 1. The second-order valence-electron chi connectivity index (χ2n) is 12.1. The van der Waals surface area contributed by atoms with Crippen LogP contribution in [0.15, 0.2) is 64.8 Å². The number of Topliss-reactive ketones (excluding diaryl/α,β-unsaturated/α-hetero) is 1. The minimum absolute atomic E-state index is 0.0406. The van der Waals surface area contributed by atoms with Gasteiger partial charge in [0.15, 0.2) is 12.1 Å². The first-order valence-corrected chi connectivity index (χ1v) is 13.6. The second-order valence-corrected chi connectivity index (χ2v) is 12.1. The molecule has 3 aliphatic carbocycles. The van der Waals surface area contributed by atoms with Gasteiger partial charge in [-0.1, -0.05) is 75.8 Å². The van der Waals surface area contributed by atoms with Gasteiger partial charge in [0.1, 0.15) is 18.3 Å². The van der Waals surface area contributed by atoms with Crippen LogP contribution in [-0.4, -0.2) is 58.4 Å². The van der Waals surface area contributed by atoms with E-state index in [1.807, 2.05) is 36.4 Å². The Morgan fingerprint density at radius 3 is 2.46 bits per heavy atom. The van der Waals surface area contributed by atoms with E-state index >= 15 is 0 Å². The van der Waals surface area contributed by atoms with Crippen molar-refractivity contribution in [2.24, 2.45) is 16.7 Å². The van der Waals surface area contributed by atoms with Gasteiger partial charge in [0, 0.05) is 23.0 Å². The zero-order chi connectivity index (χ0) is 26.5. The average Bonchev–Trinajstić information content (AvgIpc) is 3.17. The molecule has 4 aliphatic rings. The zero-order valence-electron chi connectivity index (χ0n) is 22.3. The Bertz CT molecular complexity index is 1130. The van der Waals surface area contributed by atoms with E-state index in [0.29, 0.717) is 23.5 Å². The summed E-state index contributed by atoms with van der Waals surface area (Å²) in [6.45, 7) is 8.96. The molecule has 200 valence electrons. The molecule has 1 heterocycles. The maximum absolute atomic E-state index is 13.6. The zero-order valence-corrected chi connectivity index (χ0v) is 22.3. The number of hydrogen-bond donors (Lipinski definition) is 3. The minimum atomic E-state index is -1.38. The fraction of sp³-hybridized carbons (Fsp3) is 0.581. The van der Waals surface area contributed by atoms with Crippen LogP contribution in [0.25, 0.3) is 0 Å². The van der Waals surface area contributed by atoms with Crippen LogP contribution in [0.3, 0.4) is 0 Å². The van der Waals surface area contributed by atoms with Crippen LogP contribution in [0, 0.1) is 16.7 Å². The molecule has 3 N–H and O–H groups in total. The van der Waals surface area contributed by atoms with Gasteiger partial charge in [-0.2, -0.15) is 0 Å². The first-order chi connectivity index (χ1) is 17.5. The van der Waals surface area contributed by atoms with E-state index in [-0.39, 0.29) is 17.8 Å². The molecule has 0 unspecified atom stereocenters. The molecule has 0 bridgehead atoms. The van der Waals surface area contributed by atoms with E-state index in [1.54, 1.807) is 0 Å². The first kappa shape index (κ1) is 26.5. The van der Waals surface area contributed by atoms with Crippen molar-refractivity contribution >= 4 is 5.78 Å². The molecule has 1 aliphatic heterocycles. The third-order valence-electron chi connectivity index (χ3n) is 9.30. The lowest BCUT2D eigenvalue weighted by Gasteiger charge is -2.50. The van der Waals surface area contributed by atoms with Crippen molar-refractivity contribution in [2.45, 2.75) is 90.5 Å². The molecule has 0 spiro atoms. The van der Waals surface area contributed by atoms with Gasteiger partial charge in [0.2, 0.25) is 0 Å². The van der Waals surface area contributed by atoms with Gasteiger partial charge in [0.05, 0.1) is 12.7 Å². The number of hydrogen-bond acceptors (Lipinski definition) is 6. The van der Waals surface area contributed by atoms with Gasteiger partial charge in [0.25, 0.3) is 0 Å². The summed E-state index contributed by atoms with van der Waals surface area (Å²) in [7, 11) is 0. The Morgan fingerprint density at radius 1 is 1.03 bits per heavy atom. The van der Waals surface area contributed by atoms with Crippen molar-refractivity contribution < 1.29 is 29.6 Å². The van der Waals surface area contributed by atoms with Crippen molar-refractivity contribution in [3.05, 3.63) is 70.3 Å². The van der Waals surface area contributed by atoms with Gasteiger partial charge < -0.3 is 24.8 Å². The van der Waals surface area contributed by atoms with Crippen LogP contribution in [0.5, 0.6) is 0 Å². The molecular weight excluding hydrogens is 468 g/mol. The summed E-state index contributed by atoms with van der Waals surface area (Å²) in [6.07, 6.45) is 3.12. The molecule has 6 nitrogen and oxygen atoms in total. The van der Waals surface area contributed by atoms with Gasteiger partial charge >= 0.3 is 0 Å². The van der Waals surface area contributed by atoms with E-state index in [1.165, 1.54) is 16.7 Å². The van der Waals surface area contributed by atoms with Crippen molar-refractivity contribution in [3.8, 4) is 0 Å². The monoisotopic (exact) mass is 508 g/mol. The number of carbonyl (C=O) groups is 1. The van der Waals surface area contributed by atoms with Crippen molar-refractivity contribution in [2.75, 3.05) is 6.61 Å². The summed E-state index contributed by atoms with van der Waals surface area (Å²) in [5.74, 6) is 0.387. The first-order valence-electron chi connectivity index (χ1n) is 13.6. The van der Waals surface area contributed by atoms with E-state index in [2.05, 4.69) is 33.8 Å². The number of rotatable bonds is 5. The van der Waals surface area contributed by atoms with Crippen LogP contribution in [-0.2, 0) is 9.47 Å². The largest absolute Gasteiger partial charge is 0.388 e. The highest BCUT2D eigenvalue weighted by atomic mass is 16.7. The maximum atomic E-state index is 13.6. The van der Waals surface area contributed by atoms with E-state index in [4.69, 9.17) is 9.47 Å². The molecule has 1 saturated heterocycles. The fourth-order valence-electron chi connectivity index (χ4n) is 6.82. The predicted molar refractivity (Wildman–Crippen MR) is 141 cm³/mol. The molecule has 2 fully saturated rings. The Labute approximate surface area is 219 Å². The molecule has 5 rings (SSSR count). The highest BCUT2D eigenvalue weighted by Gasteiger charge is 2.53. The smallest absolute Gasteiger partial charge is 0.189 e. The number of ketones is 1. The van der Waals surface area contributed by atoms with Crippen LogP contribution < -0.4 is 0 Å². The SMILES string of the molecule is CC(C)C1=C2C3=CC=C(C(=O)c4ccccc4)C[C@H](O[C@@H]4OC[C@@H](O)[C@H](O)[C@H]4O)[C@]3(C)CC[C@@]2(C)CC1. The quantitative estimate of drug-likeness (QED) is 0.507. The summed E-state index contributed by atoms with van der Waals surface area (Å²) in [4.78, 5) is 13.6. The summed E-state index contributed by atoms with van der Waals surface area (Å²) in [5, 5.41) is 30.9. The number of aliphatic hydroxyl groups excluding tert-OH is 3. The predicted octanol–water partition coefficient (Wildman–Crippen LogP) is 4.50. The van der Waals surface area contributed by atoms with Crippen LogP contribution in [0.4, 0.5) is 0 Å². The molecule has 37 heavy (non-hydrogen) atoms. The number of fused-ring (bicyclic) bond motifs is 3. The van der Waals surface area contributed by atoms with Crippen molar-refractivity contribution in [1.82, 2.24) is 0 Å². The van der Waals surface area contributed by atoms with E-state index < -0.39 is 36.1 Å². The molecule has 0 aromatic heterocycles. The number of allylic oxidation sites excluding steroid dienone is 4. The highest BCUT2D eigenvalue weighted by molar-refractivity contribution is 6.09. The second kappa shape index (κ2) is 9.90. The van der Waals surface area contributed by atoms with Gasteiger partial charge in [-0.05, 0) is 48.2 Å². The van der Waals surface area contributed by atoms with Gasteiger partial charge in [-0.15, -0.1) is 0 Å². The number of carbonyl (C=O) groups excluding carboxylic acids is 1. The minimum Gasteiger partial charge on any atom is -0.388 e. The Hall–Kier alpha value is -2.09. The van der Waals surface area contributed by atoms with Crippen LogP contribution >= 0.6 is 0 Å². The molecule has 0 amide bonds. The molecule has 1 aromatic rings. The average molecular weight is 509 g/mol. The number of aliphatic hydroxyl groups is 3. The van der Waals surface area contributed by atoms with Crippen LogP contribution in [0.2, 0.25) is 0 Å².